The Morgan fingerprint density at radius 1 is 1.60 bits per heavy atom. The van der Waals surface area contributed by atoms with Crippen molar-refractivity contribution in [3.05, 3.63) is 17.8 Å². The van der Waals surface area contributed by atoms with Crippen LogP contribution in [-0.2, 0) is 4.79 Å². The maximum atomic E-state index is 10.8. The number of carboxylic acid groups (broad SMARTS) is 1. The molecular weight excluding hydrogens is 274 g/mol. The van der Waals surface area contributed by atoms with Crippen LogP contribution >= 0.6 is 11.8 Å². The molecule has 3 rings (SSSR count). The van der Waals surface area contributed by atoms with Gasteiger partial charge in [0.2, 0.25) is 0 Å². The van der Waals surface area contributed by atoms with E-state index < -0.39 is 5.97 Å². The molecule has 1 fully saturated rings. The second-order valence-electron chi connectivity index (χ2n) is 5.27. The Hall–Kier alpha value is -1.56. The maximum Gasteiger partial charge on any atom is 0.313 e. The molecule has 0 bridgehead atoms. The van der Waals surface area contributed by atoms with Crippen molar-refractivity contribution in [2.45, 2.75) is 37.9 Å². The van der Waals surface area contributed by atoms with Gasteiger partial charge in [0.05, 0.1) is 5.75 Å². The monoisotopic (exact) mass is 291 g/mol. The van der Waals surface area contributed by atoms with Crippen LogP contribution in [0, 0.1) is 12.8 Å². The van der Waals surface area contributed by atoms with Crippen LogP contribution in [0.2, 0.25) is 0 Å². The third-order valence-electron chi connectivity index (χ3n) is 3.70. The fourth-order valence-electron chi connectivity index (χ4n) is 2.58. The topological polar surface area (TPSA) is 68.0 Å². The summed E-state index contributed by atoms with van der Waals surface area (Å²) in [5.74, 6) is -0.119. The summed E-state index contributed by atoms with van der Waals surface area (Å²) >= 11 is 1.28. The van der Waals surface area contributed by atoms with Crippen LogP contribution in [0.3, 0.4) is 0 Å². The first-order chi connectivity index (χ1) is 9.60. The summed E-state index contributed by atoms with van der Waals surface area (Å²) in [6, 6.07) is 2.43. The third kappa shape index (κ3) is 2.40. The van der Waals surface area contributed by atoms with Gasteiger partial charge in [0.25, 0.3) is 0 Å². The van der Waals surface area contributed by atoms with E-state index in [0.29, 0.717) is 12.0 Å². The number of fused-ring (bicyclic) bond motifs is 1. The first-order valence-electron chi connectivity index (χ1n) is 6.79. The second-order valence-corrected chi connectivity index (χ2v) is 6.22. The van der Waals surface area contributed by atoms with Crippen molar-refractivity contribution < 1.29 is 9.90 Å². The molecule has 0 aliphatic heterocycles. The highest BCUT2D eigenvalue weighted by Crippen LogP contribution is 2.48. The molecule has 1 aliphatic carbocycles. The Labute approximate surface area is 121 Å². The Bertz CT molecular complexity index is 668. The van der Waals surface area contributed by atoms with Crippen molar-refractivity contribution in [3.63, 3.8) is 0 Å². The summed E-state index contributed by atoms with van der Waals surface area (Å²) in [6.07, 6.45) is 4.12. The molecule has 20 heavy (non-hydrogen) atoms. The van der Waals surface area contributed by atoms with Gasteiger partial charge >= 0.3 is 5.97 Å². The van der Waals surface area contributed by atoms with Gasteiger partial charge in [0.15, 0.2) is 10.8 Å². The van der Waals surface area contributed by atoms with E-state index in [2.05, 4.69) is 21.5 Å². The SMILES string of the molecule is CCC1CC1n1c(SCC(=O)O)nc2cc(C)cnc21. The molecule has 6 heteroatoms. The molecule has 1 N–H and O–H groups in total. The highest BCUT2D eigenvalue weighted by molar-refractivity contribution is 7.99. The van der Waals surface area contributed by atoms with Gasteiger partial charge in [0.1, 0.15) is 5.52 Å². The first kappa shape index (κ1) is 13.4. The van der Waals surface area contributed by atoms with Gasteiger partial charge in [-0.15, -0.1) is 0 Å². The molecule has 2 aromatic heterocycles. The average molecular weight is 291 g/mol. The van der Waals surface area contributed by atoms with Crippen LogP contribution in [0.25, 0.3) is 11.2 Å². The first-order valence-corrected chi connectivity index (χ1v) is 7.78. The van der Waals surface area contributed by atoms with Gasteiger partial charge in [-0.2, -0.15) is 0 Å². The number of carbonyl (C=O) groups is 1. The van der Waals surface area contributed by atoms with Crippen LogP contribution in [0.5, 0.6) is 0 Å². The van der Waals surface area contributed by atoms with Crippen LogP contribution in [0.15, 0.2) is 17.4 Å². The van der Waals surface area contributed by atoms with Crippen LogP contribution in [0.1, 0.15) is 31.4 Å². The molecule has 2 aromatic rings. The second kappa shape index (κ2) is 5.09. The number of carboxylic acids is 1. The molecule has 1 saturated carbocycles. The fourth-order valence-corrected chi connectivity index (χ4v) is 3.35. The van der Waals surface area contributed by atoms with E-state index >= 15 is 0 Å². The minimum Gasteiger partial charge on any atom is -0.481 e. The van der Waals surface area contributed by atoms with Gasteiger partial charge in [-0.1, -0.05) is 25.1 Å². The van der Waals surface area contributed by atoms with Gasteiger partial charge in [-0.05, 0) is 30.9 Å². The summed E-state index contributed by atoms with van der Waals surface area (Å²) in [6.45, 7) is 4.17. The molecular formula is C14H17N3O2S. The number of aliphatic carboxylic acids is 1. The molecule has 2 unspecified atom stereocenters. The summed E-state index contributed by atoms with van der Waals surface area (Å²) in [5, 5.41) is 9.64. The van der Waals surface area contributed by atoms with E-state index in [4.69, 9.17) is 5.11 Å². The van der Waals surface area contributed by atoms with Crippen molar-refractivity contribution in [2.24, 2.45) is 5.92 Å². The lowest BCUT2D eigenvalue weighted by Gasteiger charge is -2.06. The van der Waals surface area contributed by atoms with Crippen molar-refractivity contribution in [1.29, 1.82) is 0 Å². The molecule has 0 spiro atoms. The molecule has 2 heterocycles. The Morgan fingerprint density at radius 2 is 2.40 bits per heavy atom. The Balaban J connectivity index is 2.02. The molecule has 0 aromatic carbocycles. The number of hydrogen-bond acceptors (Lipinski definition) is 4. The van der Waals surface area contributed by atoms with E-state index in [1.807, 2.05) is 19.2 Å². The van der Waals surface area contributed by atoms with Crippen LogP contribution in [0.4, 0.5) is 0 Å². The largest absolute Gasteiger partial charge is 0.481 e. The number of thioether (sulfide) groups is 1. The lowest BCUT2D eigenvalue weighted by molar-refractivity contribution is -0.133. The highest BCUT2D eigenvalue weighted by Gasteiger charge is 2.39. The Morgan fingerprint density at radius 3 is 3.05 bits per heavy atom. The molecule has 0 radical (unpaired) electrons. The molecule has 0 amide bonds. The van der Waals surface area contributed by atoms with Crippen LogP contribution in [-0.4, -0.2) is 31.4 Å². The van der Waals surface area contributed by atoms with Gasteiger partial charge in [-0.3, -0.25) is 4.79 Å². The zero-order valence-corrected chi connectivity index (χ0v) is 12.4. The summed E-state index contributed by atoms with van der Waals surface area (Å²) in [4.78, 5) is 19.9. The lowest BCUT2D eigenvalue weighted by atomic mass is 10.3. The maximum absolute atomic E-state index is 10.8. The molecule has 5 nitrogen and oxygen atoms in total. The minimum absolute atomic E-state index is 0.0335. The predicted molar refractivity (Wildman–Crippen MR) is 78.1 cm³/mol. The van der Waals surface area contributed by atoms with Gasteiger partial charge in [0, 0.05) is 12.2 Å². The van der Waals surface area contributed by atoms with E-state index in [-0.39, 0.29) is 5.75 Å². The average Bonchev–Trinajstić information content (AvgIpc) is 3.09. The predicted octanol–water partition coefficient (Wildman–Crippen LogP) is 2.89. The van der Waals surface area contributed by atoms with E-state index in [1.54, 1.807) is 0 Å². The number of imidazole rings is 1. The van der Waals surface area contributed by atoms with Crippen molar-refractivity contribution in [2.75, 3.05) is 5.75 Å². The number of rotatable bonds is 5. The number of hydrogen-bond donors (Lipinski definition) is 1. The molecule has 0 saturated heterocycles. The van der Waals surface area contributed by atoms with Gasteiger partial charge < -0.3 is 9.67 Å². The number of aryl methyl sites for hydroxylation is 1. The summed E-state index contributed by atoms with van der Waals surface area (Å²) in [7, 11) is 0. The van der Waals surface area contributed by atoms with Gasteiger partial charge in [-0.25, -0.2) is 9.97 Å². The molecule has 106 valence electrons. The van der Waals surface area contributed by atoms with E-state index in [0.717, 1.165) is 34.7 Å². The van der Waals surface area contributed by atoms with Crippen molar-refractivity contribution in [1.82, 2.24) is 14.5 Å². The molecule has 2 atom stereocenters. The third-order valence-corrected chi connectivity index (χ3v) is 4.64. The number of aromatic nitrogens is 3. The number of nitrogens with zero attached hydrogens (tertiary/aromatic N) is 3. The minimum atomic E-state index is -0.819. The highest BCUT2D eigenvalue weighted by atomic mass is 32.2. The van der Waals surface area contributed by atoms with Crippen molar-refractivity contribution >= 4 is 28.9 Å². The summed E-state index contributed by atoms with van der Waals surface area (Å²) in [5.41, 5.74) is 2.81. The quantitative estimate of drug-likeness (QED) is 0.858. The Kier molecular flexibility index (Phi) is 3.41. The zero-order valence-electron chi connectivity index (χ0n) is 11.5. The lowest BCUT2D eigenvalue weighted by Crippen LogP contribution is -2.03. The zero-order chi connectivity index (χ0) is 14.3. The van der Waals surface area contributed by atoms with E-state index in [9.17, 15) is 4.79 Å². The standard InChI is InChI=1S/C14H17N3O2S/c1-3-9-5-11(9)17-13-10(4-8(2)6-15-13)16-14(17)20-7-12(18)19/h4,6,9,11H,3,5,7H2,1-2H3,(H,18,19). The molecule has 1 aliphatic rings. The normalized spacial score (nSPS) is 21.3. The smallest absolute Gasteiger partial charge is 0.313 e. The van der Waals surface area contributed by atoms with Crippen molar-refractivity contribution in [3.8, 4) is 0 Å². The van der Waals surface area contributed by atoms with E-state index in [1.165, 1.54) is 11.8 Å². The van der Waals surface area contributed by atoms with Crippen LogP contribution < -0.4 is 0 Å². The fraction of sp³-hybridized carbons (Fsp3) is 0.500. The summed E-state index contributed by atoms with van der Waals surface area (Å²) < 4.78 is 2.14. The number of pyridine rings is 1.